The maximum atomic E-state index is 12.4. The van der Waals surface area contributed by atoms with Crippen LogP contribution in [-0.4, -0.2) is 20.9 Å². The van der Waals surface area contributed by atoms with E-state index in [-0.39, 0.29) is 17.6 Å². The number of aryl methyl sites for hydroxylation is 4. The van der Waals surface area contributed by atoms with E-state index in [1.807, 2.05) is 13.8 Å². The molecule has 0 bridgehead atoms. The van der Waals surface area contributed by atoms with Gasteiger partial charge in [0.1, 0.15) is 0 Å². The van der Waals surface area contributed by atoms with Crippen molar-refractivity contribution in [2.75, 3.05) is 0 Å². The molecule has 128 valence electrons. The molecular formula is C17H22N4O2S. The standard InChI is InChI=1S/C17H22N4O2S/c1-9-12(10(2)19-17(23)18-9)7-8-15(22)21-13-5-4-6-14-16(13)20-11(3)24-14/h13H,4-8H2,1-3H3,(H,21,22)(H,18,19,23). The molecule has 0 spiro atoms. The Morgan fingerprint density at radius 2 is 2.12 bits per heavy atom. The number of nitrogens with zero attached hydrogens (tertiary/aromatic N) is 2. The van der Waals surface area contributed by atoms with Gasteiger partial charge in [0.2, 0.25) is 5.91 Å². The lowest BCUT2D eigenvalue weighted by molar-refractivity contribution is -0.121. The highest BCUT2D eigenvalue weighted by Gasteiger charge is 2.25. The zero-order valence-corrected chi connectivity index (χ0v) is 15.0. The topological polar surface area (TPSA) is 87.7 Å². The monoisotopic (exact) mass is 346 g/mol. The van der Waals surface area contributed by atoms with Gasteiger partial charge in [0.15, 0.2) is 0 Å². The number of fused-ring (bicyclic) bond motifs is 1. The number of hydrogen-bond donors (Lipinski definition) is 2. The molecule has 2 aromatic heterocycles. The van der Waals surface area contributed by atoms with Crippen molar-refractivity contribution in [1.29, 1.82) is 0 Å². The number of aromatic nitrogens is 3. The fourth-order valence-corrected chi connectivity index (χ4v) is 4.35. The average Bonchev–Trinajstić information content (AvgIpc) is 2.87. The smallest absolute Gasteiger partial charge is 0.345 e. The molecule has 7 heteroatoms. The molecule has 0 saturated heterocycles. The third kappa shape index (κ3) is 3.56. The lowest BCUT2D eigenvalue weighted by Crippen LogP contribution is -2.31. The Morgan fingerprint density at radius 1 is 1.33 bits per heavy atom. The summed E-state index contributed by atoms with van der Waals surface area (Å²) in [4.78, 5) is 36.2. The fraction of sp³-hybridized carbons (Fsp3) is 0.529. The first-order chi connectivity index (χ1) is 11.4. The van der Waals surface area contributed by atoms with Gasteiger partial charge >= 0.3 is 5.69 Å². The van der Waals surface area contributed by atoms with E-state index < -0.39 is 0 Å². The Kier molecular flexibility index (Phi) is 4.80. The fourth-order valence-electron chi connectivity index (χ4n) is 3.31. The van der Waals surface area contributed by atoms with Gasteiger partial charge in [-0.3, -0.25) is 4.79 Å². The van der Waals surface area contributed by atoms with Crippen molar-refractivity contribution in [2.24, 2.45) is 0 Å². The number of rotatable bonds is 4. The Hall–Kier alpha value is -2.02. The zero-order chi connectivity index (χ0) is 17.3. The summed E-state index contributed by atoms with van der Waals surface area (Å²) in [6.45, 7) is 5.66. The third-order valence-corrected chi connectivity index (χ3v) is 5.50. The first-order valence-electron chi connectivity index (χ1n) is 8.26. The largest absolute Gasteiger partial charge is 0.348 e. The molecule has 1 aliphatic carbocycles. The summed E-state index contributed by atoms with van der Waals surface area (Å²) in [5, 5.41) is 4.18. The number of amides is 1. The first kappa shape index (κ1) is 16.8. The number of carbonyl (C=O) groups excluding carboxylic acids is 1. The van der Waals surface area contributed by atoms with Crippen LogP contribution < -0.4 is 11.0 Å². The zero-order valence-electron chi connectivity index (χ0n) is 14.2. The van der Waals surface area contributed by atoms with Crippen molar-refractivity contribution in [1.82, 2.24) is 20.3 Å². The van der Waals surface area contributed by atoms with Crippen LogP contribution in [0.25, 0.3) is 0 Å². The minimum absolute atomic E-state index is 0.0171. The molecule has 0 radical (unpaired) electrons. The van der Waals surface area contributed by atoms with E-state index in [0.29, 0.717) is 18.5 Å². The van der Waals surface area contributed by atoms with E-state index in [2.05, 4.69) is 20.3 Å². The van der Waals surface area contributed by atoms with Crippen molar-refractivity contribution in [2.45, 2.75) is 58.9 Å². The van der Waals surface area contributed by atoms with Crippen LogP contribution >= 0.6 is 11.3 Å². The highest BCUT2D eigenvalue weighted by atomic mass is 32.1. The van der Waals surface area contributed by atoms with E-state index in [1.54, 1.807) is 18.3 Å². The SMILES string of the molecule is Cc1nc2c(s1)CCCC2NC(=O)CCc1c(C)nc(=O)[nH]c1C. The predicted octanol–water partition coefficient (Wildman–Crippen LogP) is 2.28. The van der Waals surface area contributed by atoms with Gasteiger partial charge in [-0.2, -0.15) is 4.98 Å². The van der Waals surface area contributed by atoms with Gasteiger partial charge in [-0.05, 0) is 52.0 Å². The van der Waals surface area contributed by atoms with Gasteiger partial charge in [-0.1, -0.05) is 0 Å². The van der Waals surface area contributed by atoms with Crippen molar-refractivity contribution in [3.63, 3.8) is 0 Å². The first-order valence-corrected chi connectivity index (χ1v) is 9.07. The van der Waals surface area contributed by atoms with Crippen LogP contribution in [0.4, 0.5) is 0 Å². The second-order valence-electron chi connectivity index (χ2n) is 6.28. The van der Waals surface area contributed by atoms with E-state index in [4.69, 9.17) is 0 Å². The minimum Gasteiger partial charge on any atom is -0.348 e. The van der Waals surface area contributed by atoms with E-state index >= 15 is 0 Å². The molecule has 1 atom stereocenters. The predicted molar refractivity (Wildman–Crippen MR) is 93.3 cm³/mol. The average molecular weight is 346 g/mol. The van der Waals surface area contributed by atoms with Gasteiger partial charge in [-0.15, -0.1) is 11.3 Å². The number of thiazole rings is 1. The molecular weight excluding hydrogens is 324 g/mol. The van der Waals surface area contributed by atoms with Crippen LogP contribution in [-0.2, 0) is 17.6 Å². The Morgan fingerprint density at radius 3 is 2.88 bits per heavy atom. The molecule has 2 N–H and O–H groups in total. The third-order valence-electron chi connectivity index (χ3n) is 4.45. The number of nitrogens with one attached hydrogen (secondary N) is 2. The Bertz CT molecular complexity index is 798. The van der Waals surface area contributed by atoms with E-state index in [1.165, 1.54) is 4.88 Å². The highest BCUT2D eigenvalue weighted by molar-refractivity contribution is 7.11. The molecule has 0 saturated carbocycles. The second kappa shape index (κ2) is 6.84. The molecule has 1 unspecified atom stereocenters. The summed E-state index contributed by atoms with van der Waals surface area (Å²) in [7, 11) is 0. The maximum Gasteiger partial charge on any atom is 0.345 e. The number of carbonyl (C=O) groups is 1. The number of H-pyrrole nitrogens is 1. The van der Waals surface area contributed by atoms with Crippen LogP contribution in [0.15, 0.2) is 4.79 Å². The summed E-state index contributed by atoms with van der Waals surface area (Å²) in [6, 6.07) is 0.0297. The summed E-state index contributed by atoms with van der Waals surface area (Å²) >= 11 is 1.73. The van der Waals surface area contributed by atoms with E-state index in [9.17, 15) is 9.59 Å². The molecule has 2 aromatic rings. The Labute approximate surface area is 144 Å². The molecule has 6 nitrogen and oxygen atoms in total. The molecule has 1 amide bonds. The van der Waals surface area contributed by atoms with Gasteiger partial charge in [-0.25, -0.2) is 9.78 Å². The second-order valence-corrected chi connectivity index (χ2v) is 7.57. The van der Waals surface area contributed by atoms with Crippen molar-refractivity contribution >= 4 is 17.2 Å². The van der Waals surface area contributed by atoms with Crippen LogP contribution in [0.1, 0.15) is 57.8 Å². The summed E-state index contributed by atoms with van der Waals surface area (Å²) in [5.41, 5.74) is 3.13. The molecule has 2 heterocycles. The molecule has 3 rings (SSSR count). The van der Waals surface area contributed by atoms with Gasteiger partial charge in [0, 0.05) is 22.7 Å². The van der Waals surface area contributed by atoms with Crippen molar-refractivity contribution < 1.29 is 4.79 Å². The minimum atomic E-state index is -0.341. The Balaban J connectivity index is 1.64. The van der Waals surface area contributed by atoms with Crippen LogP contribution in [0.5, 0.6) is 0 Å². The number of hydrogen-bond acceptors (Lipinski definition) is 5. The molecule has 1 aliphatic rings. The lowest BCUT2D eigenvalue weighted by Gasteiger charge is -2.22. The van der Waals surface area contributed by atoms with Crippen LogP contribution in [0.3, 0.4) is 0 Å². The highest BCUT2D eigenvalue weighted by Crippen LogP contribution is 2.33. The van der Waals surface area contributed by atoms with Crippen LogP contribution in [0, 0.1) is 20.8 Å². The molecule has 24 heavy (non-hydrogen) atoms. The maximum absolute atomic E-state index is 12.4. The van der Waals surface area contributed by atoms with Gasteiger partial charge in [0.25, 0.3) is 0 Å². The van der Waals surface area contributed by atoms with E-state index in [0.717, 1.165) is 41.2 Å². The summed E-state index contributed by atoms with van der Waals surface area (Å²) < 4.78 is 0. The normalized spacial score (nSPS) is 16.7. The molecule has 0 fully saturated rings. The molecule has 0 aromatic carbocycles. The quantitative estimate of drug-likeness (QED) is 0.889. The summed E-state index contributed by atoms with van der Waals surface area (Å²) in [5.74, 6) is 0.0171. The van der Waals surface area contributed by atoms with Crippen molar-refractivity contribution in [3.8, 4) is 0 Å². The van der Waals surface area contributed by atoms with Crippen LogP contribution in [0.2, 0.25) is 0 Å². The summed E-state index contributed by atoms with van der Waals surface area (Å²) in [6.07, 6.45) is 4.05. The lowest BCUT2D eigenvalue weighted by atomic mass is 9.97. The van der Waals surface area contributed by atoms with Gasteiger partial charge in [0.05, 0.1) is 16.7 Å². The van der Waals surface area contributed by atoms with Crippen molar-refractivity contribution in [3.05, 3.63) is 43.0 Å². The molecule has 0 aliphatic heterocycles. The number of aromatic amines is 1. The van der Waals surface area contributed by atoms with Gasteiger partial charge < -0.3 is 10.3 Å².